The number of nitrogens with zero attached hydrogens (tertiary/aromatic N) is 3. The maximum atomic E-state index is 11.6. The first-order chi connectivity index (χ1) is 9.62. The summed E-state index contributed by atoms with van der Waals surface area (Å²) in [7, 11) is 0. The van der Waals surface area contributed by atoms with Gasteiger partial charge in [0.25, 0.3) is 5.69 Å². The molecule has 21 heavy (non-hydrogen) atoms. The number of carbonyl (C=O) groups excluding carboxylic acids is 1. The van der Waals surface area contributed by atoms with Crippen molar-refractivity contribution in [1.29, 1.82) is 0 Å². The second-order valence-electron chi connectivity index (χ2n) is 5.20. The molecule has 0 fully saturated rings. The third-order valence-electron chi connectivity index (χ3n) is 2.49. The summed E-state index contributed by atoms with van der Waals surface area (Å²) in [6, 6.07) is 3.09. The first-order valence-corrected chi connectivity index (χ1v) is 5.89. The summed E-state index contributed by atoms with van der Waals surface area (Å²) >= 11 is 0. The Kier molecular flexibility index (Phi) is 4.69. The number of nitro benzene ring substituents is 2. The maximum Gasteiger partial charge on any atom is 0.301 e. The number of hydrogen-bond donors (Lipinski definition) is 1. The smallest absolute Gasteiger partial charge is 0.292 e. The molecule has 0 aliphatic carbocycles. The molecule has 0 amide bonds. The largest absolute Gasteiger partial charge is 0.301 e. The first-order valence-electron chi connectivity index (χ1n) is 5.89. The zero-order valence-corrected chi connectivity index (χ0v) is 11.7. The van der Waals surface area contributed by atoms with Crippen LogP contribution in [0.5, 0.6) is 0 Å². The normalized spacial score (nSPS) is 11.4. The highest BCUT2D eigenvalue weighted by molar-refractivity contribution is 6.29. The van der Waals surface area contributed by atoms with Gasteiger partial charge >= 0.3 is 5.69 Å². The van der Waals surface area contributed by atoms with Crippen molar-refractivity contribution < 1.29 is 14.6 Å². The van der Waals surface area contributed by atoms with Crippen molar-refractivity contribution in [2.75, 3.05) is 5.43 Å². The van der Waals surface area contributed by atoms with Gasteiger partial charge in [0.2, 0.25) is 0 Å². The number of nitro groups is 2. The molecule has 0 atom stereocenters. The Hall–Kier alpha value is -2.84. The minimum Gasteiger partial charge on any atom is -0.292 e. The van der Waals surface area contributed by atoms with Gasteiger partial charge in [-0.25, -0.2) is 0 Å². The molecule has 0 aliphatic heterocycles. The van der Waals surface area contributed by atoms with Crippen LogP contribution >= 0.6 is 0 Å². The van der Waals surface area contributed by atoms with Crippen LogP contribution in [0.3, 0.4) is 0 Å². The van der Waals surface area contributed by atoms with E-state index in [2.05, 4.69) is 10.5 Å². The van der Waals surface area contributed by atoms with E-state index in [0.717, 1.165) is 24.4 Å². The monoisotopic (exact) mass is 294 g/mol. The molecule has 1 N–H and O–H groups in total. The van der Waals surface area contributed by atoms with Gasteiger partial charge in [-0.15, -0.1) is 0 Å². The average molecular weight is 294 g/mol. The lowest BCUT2D eigenvalue weighted by atomic mass is 9.92. The molecule has 0 spiro atoms. The van der Waals surface area contributed by atoms with Gasteiger partial charge in [0.15, 0.2) is 5.78 Å². The van der Waals surface area contributed by atoms with E-state index in [1.54, 1.807) is 20.8 Å². The topological polar surface area (TPSA) is 128 Å². The lowest BCUT2D eigenvalue weighted by molar-refractivity contribution is -0.393. The number of benzene rings is 1. The lowest BCUT2D eigenvalue weighted by Crippen LogP contribution is -2.21. The number of nitrogens with one attached hydrogen (secondary N) is 1. The molecule has 1 rings (SSSR count). The fourth-order valence-electron chi connectivity index (χ4n) is 1.23. The SMILES string of the molecule is CC(C)(C)C(=O)C=NNc1ccc([N+](=O)[O-])cc1[N+](=O)[O-]. The number of hydrazone groups is 1. The van der Waals surface area contributed by atoms with E-state index in [4.69, 9.17) is 0 Å². The molecule has 0 saturated heterocycles. The van der Waals surface area contributed by atoms with Gasteiger partial charge in [0.1, 0.15) is 5.69 Å². The highest BCUT2D eigenvalue weighted by Gasteiger charge is 2.20. The molecule has 112 valence electrons. The number of non-ortho nitro benzene ring substituents is 1. The minimum absolute atomic E-state index is 0.0384. The van der Waals surface area contributed by atoms with E-state index in [9.17, 15) is 25.0 Å². The van der Waals surface area contributed by atoms with Crippen molar-refractivity contribution in [3.63, 3.8) is 0 Å². The average Bonchev–Trinajstić information content (AvgIpc) is 2.37. The number of carbonyl (C=O) groups is 1. The van der Waals surface area contributed by atoms with Crippen LogP contribution < -0.4 is 5.43 Å². The van der Waals surface area contributed by atoms with E-state index in [0.29, 0.717) is 0 Å². The molecule has 0 bridgehead atoms. The molecule has 0 radical (unpaired) electrons. The van der Waals surface area contributed by atoms with E-state index in [1.807, 2.05) is 0 Å². The van der Waals surface area contributed by atoms with Gasteiger partial charge in [0, 0.05) is 11.5 Å². The molecule has 9 heteroatoms. The van der Waals surface area contributed by atoms with Crippen LogP contribution in [0.15, 0.2) is 23.3 Å². The molecular weight excluding hydrogens is 280 g/mol. The Bertz CT molecular complexity index is 619. The zero-order chi connectivity index (χ0) is 16.2. The highest BCUT2D eigenvalue weighted by atomic mass is 16.6. The van der Waals surface area contributed by atoms with Crippen LogP contribution in [-0.2, 0) is 4.79 Å². The number of hydrogen-bond acceptors (Lipinski definition) is 7. The van der Waals surface area contributed by atoms with E-state index in [-0.39, 0.29) is 11.5 Å². The minimum atomic E-state index is -0.767. The van der Waals surface area contributed by atoms with Crippen molar-refractivity contribution >= 4 is 29.1 Å². The van der Waals surface area contributed by atoms with Gasteiger partial charge in [-0.1, -0.05) is 20.8 Å². The van der Waals surface area contributed by atoms with E-state index >= 15 is 0 Å². The second-order valence-corrected chi connectivity index (χ2v) is 5.20. The number of Topliss-reactive ketones (excluding diaryl/α,β-unsaturated/α-hetero) is 1. The maximum absolute atomic E-state index is 11.6. The van der Waals surface area contributed by atoms with Gasteiger partial charge in [-0.2, -0.15) is 5.10 Å². The van der Waals surface area contributed by atoms with Gasteiger partial charge < -0.3 is 0 Å². The molecular formula is C12H14N4O5. The fourth-order valence-corrected chi connectivity index (χ4v) is 1.23. The zero-order valence-electron chi connectivity index (χ0n) is 11.7. The summed E-state index contributed by atoms with van der Waals surface area (Å²) in [5, 5.41) is 25.1. The molecule has 9 nitrogen and oxygen atoms in total. The molecule has 0 aromatic heterocycles. The fraction of sp³-hybridized carbons (Fsp3) is 0.333. The van der Waals surface area contributed by atoms with E-state index in [1.165, 1.54) is 0 Å². The predicted octanol–water partition coefficient (Wildman–Crippen LogP) is 2.52. The van der Waals surface area contributed by atoms with Crippen LogP contribution in [0.4, 0.5) is 17.1 Å². The molecule has 0 aliphatic rings. The quantitative estimate of drug-likeness (QED) is 0.504. The van der Waals surface area contributed by atoms with Crippen molar-refractivity contribution in [2.45, 2.75) is 20.8 Å². The van der Waals surface area contributed by atoms with E-state index < -0.39 is 26.6 Å². The third kappa shape index (κ3) is 4.34. The van der Waals surface area contributed by atoms with Crippen LogP contribution in [0.25, 0.3) is 0 Å². The second kappa shape index (κ2) is 6.07. The Morgan fingerprint density at radius 1 is 1.24 bits per heavy atom. The Morgan fingerprint density at radius 3 is 2.33 bits per heavy atom. The molecule has 1 aromatic carbocycles. The van der Waals surface area contributed by atoms with Crippen molar-refractivity contribution in [2.24, 2.45) is 10.5 Å². The van der Waals surface area contributed by atoms with Crippen molar-refractivity contribution in [1.82, 2.24) is 0 Å². The van der Waals surface area contributed by atoms with Crippen molar-refractivity contribution in [3.05, 3.63) is 38.4 Å². The Balaban J connectivity index is 2.99. The summed E-state index contributed by atoms with van der Waals surface area (Å²) in [5.74, 6) is -0.264. The van der Waals surface area contributed by atoms with Crippen molar-refractivity contribution in [3.8, 4) is 0 Å². The van der Waals surface area contributed by atoms with Crippen LogP contribution in [0.1, 0.15) is 20.8 Å². The first kappa shape index (κ1) is 16.2. The Labute approximate surface area is 120 Å². The summed E-state index contributed by atoms with van der Waals surface area (Å²) < 4.78 is 0. The summed E-state index contributed by atoms with van der Waals surface area (Å²) in [4.78, 5) is 31.6. The number of rotatable bonds is 5. The molecule has 0 heterocycles. The molecule has 0 saturated carbocycles. The van der Waals surface area contributed by atoms with Crippen LogP contribution in [0, 0.1) is 25.6 Å². The van der Waals surface area contributed by atoms with Crippen LogP contribution in [0.2, 0.25) is 0 Å². The number of ketones is 1. The van der Waals surface area contributed by atoms with Crippen LogP contribution in [-0.4, -0.2) is 21.8 Å². The molecule has 0 unspecified atom stereocenters. The Morgan fingerprint density at radius 2 is 1.86 bits per heavy atom. The standard InChI is InChI=1S/C12H14N4O5/c1-12(2,3)11(17)7-13-14-9-5-4-8(15(18)19)6-10(9)16(20)21/h4-7,14H,1-3H3. The van der Waals surface area contributed by atoms with Gasteiger partial charge in [0.05, 0.1) is 22.1 Å². The summed E-state index contributed by atoms with van der Waals surface area (Å²) in [6.07, 6.45) is 1.02. The summed E-state index contributed by atoms with van der Waals surface area (Å²) in [6.45, 7) is 5.11. The third-order valence-corrected chi connectivity index (χ3v) is 2.49. The van der Waals surface area contributed by atoms with Gasteiger partial charge in [-0.3, -0.25) is 30.4 Å². The molecule has 1 aromatic rings. The predicted molar refractivity (Wildman–Crippen MR) is 76.3 cm³/mol. The lowest BCUT2D eigenvalue weighted by Gasteiger charge is -2.12. The number of anilines is 1. The van der Waals surface area contributed by atoms with Gasteiger partial charge in [-0.05, 0) is 6.07 Å². The summed E-state index contributed by atoms with van der Waals surface area (Å²) in [5.41, 5.74) is 0.795. The highest BCUT2D eigenvalue weighted by Crippen LogP contribution is 2.28.